The minimum absolute atomic E-state index is 0.0951. The second-order valence-corrected chi connectivity index (χ2v) is 5.97. The van der Waals surface area contributed by atoms with Crippen molar-refractivity contribution in [2.45, 2.75) is 12.8 Å². The van der Waals surface area contributed by atoms with Crippen LogP contribution in [0.4, 0.5) is 14.6 Å². The lowest BCUT2D eigenvalue weighted by Crippen LogP contribution is -2.11. The van der Waals surface area contributed by atoms with E-state index in [4.69, 9.17) is 5.73 Å². The van der Waals surface area contributed by atoms with Gasteiger partial charge >= 0.3 is 0 Å². The highest BCUT2D eigenvalue weighted by Crippen LogP contribution is 2.41. The van der Waals surface area contributed by atoms with E-state index in [1.165, 1.54) is 6.07 Å². The third kappa shape index (κ3) is 2.34. The van der Waals surface area contributed by atoms with E-state index in [9.17, 15) is 14.0 Å². The van der Waals surface area contributed by atoms with Crippen molar-refractivity contribution in [3.8, 4) is 28.5 Å². The van der Waals surface area contributed by atoms with Crippen LogP contribution in [-0.2, 0) is 12.8 Å². The number of anilines is 1. The largest absolute Gasteiger partial charge is 0.383 e. The Balaban J connectivity index is 2.06. The molecule has 0 atom stereocenters. The highest BCUT2D eigenvalue weighted by Gasteiger charge is 2.25. The van der Waals surface area contributed by atoms with Crippen LogP contribution in [0.15, 0.2) is 42.5 Å². The smallest absolute Gasteiger partial charge is 0.159 e. The van der Waals surface area contributed by atoms with Crippen molar-refractivity contribution < 1.29 is 8.78 Å². The van der Waals surface area contributed by atoms with Gasteiger partial charge in [-0.2, -0.15) is 5.26 Å². The summed E-state index contributed by atoms with van der Waals surface area (Å²) in [6, 6.07) is 13.6. The van der Waals surface area contributed by atoms with Gasteiger partial charge in [0.15, 0.2) is 11.6 Å². The predicted molar refractivity (Wildman–Crippen MR) is 91.6 cm³/mol. The molecule has 2 aromatic carbocycles. The summed E-state index contributed by atoms with van der Waals surface area (Å²) >= 11 is 0. The molecule has 0 bridgehead atoms. The number of halogens is 2. The van der Waals surface area contributed by atoms with Crippen LogP contribution in [0, 0.1) is 23.0 Å². The first-order valence-electron chi connectivity index (χ1n) is 7.86. The molecule has 4 rings (SSSR count). The zero-order chi connectivity index (χ0) is 17.6. The number of benzene rings is 2. The fourth-order valence-electron chi connectivity index (χ4n) is 3.42. The van der Waals surface area contributed by atoms with Crippen LogP contribution in [0.25, 0.3) is 22.4 Å². The Morgan fingerprint density at radius 1 is 1.04 bits per heavy atom. The third-order valence-electron chi connectivity index (χ3n) is 4.56. The predicted octanol–water partition coefficient (Wildman–Crippen LogP) is 4.25. The summed E-state index contributed by atoms with van der Waals surface area (Å²) in [6.45, 7) is 0. The summed E-state index contributed by atoms with van der Waals surface area (Å²) in [5.74, 6) is -1.79. The van der Waals surface area contributed by atoms with E-state index in [0.29, 0.717) is 23.2 Å². The number of aryl methyl sites for hydroxylation is 1. The van der Waals surface area contributed by atoms with Gasteiger partial charge in [0.1, 0.15) is 17.5 Å². The van der Waals surface area contributed by atoms with Crippen molar-refractivity contribution in [1.82, 2.24) is 4.98 Å². The van der Waals surface area contributed by atoms with Crippen molar-refractivity contribution in [1.29, 1.82) is 5.26 Å². The maximum Gasteiger partial charge on any atom is 0.159 e. The second-order valence-electron chi connectivity index (χ2n) is 5.97. The number of hydrogen-bond donors (Lipinski definition) is 1. The van der Waals surface area contributed by atoms with Crippen molar-refractivity contribution >= 4 is 5.82 Å². The molecule has 0 radical (unpaired) electrons. The van der Waals surface area contributed by atoms with Gasteiger partial charge in [-0.15, -0.1) is 0 Å². The number of aromatic nitrogens is 1. The second kappa shape index (κ2) is 5.67. The minimum atomic E-state index is -0.957. The van der Waals surface area contributed by atoms with Crippen LogP contribution < -0.4 is 5.73 Å². The van der Waals surface area contributed by atoms with Crippen molar-refractivity contribution in [2.24, 2.45) is 0 Å². The van der Waals surface area contributed by atoms with E-state index in [2.05, 4.69) is 11.1 Å². The molecule has 1 aromatic heterocycles. The van der Waals surface area contributed by atoms with Gasteiger partial charge < -0.3 is 5.73 Å². The van der Waals surface area contributed by atoms with E-state index < -0.39 is 11.6 Å². The van der Waals surface area contributed by atoms with Gasteiger partial charge in [-0.3, -0.25) is 0 Å². The van der Waals surface area contributed by atoms with Gasteiger partial charge in [-0.05, 0) is 41.7 Å². The Labute approximate surface area is 143 Å². The maximum absolute atomic E-state index is 13.8. The van der Waals surface area contributed by atoms with Gasteiger partial charge in [0.2, 0.25) is 0 Å². The van der Waals surface area contributed by atoms with E-state index in [1.807, 2.05) is 24.3 Å². The molecule has 0 amide bonds. The third-order valence-corrected chi connectivity index (χ3v) is 4.56. The van der Waals surface area contributed by atoms with E-state index in [1.54, 1.807) is 0 Å². The molecule has 0 aliphatic heterocycles. The van der Waals surface area contributed by atoms with Crippen LogP contribution in [0.2, 0.25) is 0 Å². The Kier molecular flexibility index (Phi) is 3.47. The van der Waals surface area contributed by atoms with Crippen molar-refractivity contribution in [3.63, 3.8) is 0 Å². The molecule has 0 fully saturated rings. The van der Waals surface area contributed by atoms with Crippen LogP contribution in [0.5, 0.6) is 0 Å². The topological polar surface area (TPSA) is 62.7 Å². The summed E-state index contributed by atoms with van der Waals surface area (Å²) in [5.41, 5.74) is 10.9. The zero-order valence-electron chi connectivity index (χ0n) is 13.2. The van der Waals surface area contributed by atoms with Crippen LogP contribution >= 0.6 is 0 Å². The average molecular weight is 333 g/mol. The first-order valence-corrected chi connectivity index (χ1v) is 7.86. The van der Waals surface area contributed by atoms with Gasteiger partial charge in [-0.25, -0.2) is 13.8 Å². The number of nitrogens with two attached hydrogens (primary N) is 1. The van der Waals surface area contributed by atoms with Crippen LogP contribution in [0.3, 0.4) is 0 Å². The number of pyridine rings is 1. The van der Waals surface area contributed by atoms with Gasteiger partial charge in [0.25, 0.3) is 0 Å². The molecule has 3 nitrogen and oxygen atoms in total. The number of hydrogen-bond acceptors (Lipinski definition) is 3. The van der Waals surface area contributed by atoms with Gasteiger partial charge in [0, 0.05) is 11.1 Å². The van der Waals surface area contributed by atoms with E-state index in [-0.39, 0.29) is 11.4 Å². The molecule has 0 saturated heterocycles. The van der Waals surface area contributed by atoms with E-state index in [0.717, 1.165) is 35.2 Å². The summed E-state index contributed by atoms with van der Waals surface area (Å²) in [4.78, 5) is 4.44. The Hall–Kier alpha value is -3.26. The molecule has 122 valence electrons. The van der Waals surface area contributed by atoms with E-state index >= 15 is 0 Å². The number of nitrogen functional groups attached to an aromatic ring is 1. The first kappa shape index (κ1) is 15.3. The summed E-state index contributed by atoms with van der Waals surface area (Å²) < 4.78 is 27.1. The molecule has 25 heavy (non-hydrogen) atoms. The normalized spacial score (nSPS) is 12.2. The average Bonchev–Trinajstić information content (AvgIpc) is 2.63. The lowest BCUT2D eigenvalue weighted by Gasteiger charge is -2.23. The highest BCUT2D eigenvalue weighted by molar-refractivity contribution is 5.86. The minimum Gasteiger partial charge on any atom is -0.383 e. The standard InChI is InChI=1S/C20H13F2N3/c21-16-8-6-12(9-17(16)22)18-14-7-5-11-3-1-2-4-13(11)19(14)25-20(24)15(18)10-23/h1-4,6,8-9H,5,7H2,(H2,24,25). The Morgan fingerprint density at radius 3 is 2.60 bits per heavy atom. The molecule has 2 N–H and O–H groups in total. The first-order chi connectivity index (χ1) is 12.1. The lowest BCUT2D eigenvalue weighted by atomic mass is 9.83. The van der Waals surface area contributed by atoms with Gasteiger partial charge in [-0.1, -0.05) is 30.3 Å². The van der Waals surface area contributed by atoms with Gasteiger partial charge in [0.05, 0.1) is 5.69 Å². The monoisotopic (exact) mass is 333 g/mol. The lowest BCUT2D eigenvalue weighted by molar-refractivity contribution is 0.509. The Bertz CT molecular complexity index is 1050. The number of rotatable bonds is 1. The molecule has 1 heterocycles. The summed E-state index contributed by atoms with van der Waals surface area (Å²) in [7, 11) is 0. The Morgan fingerprint density at radius 2 is 1.84 bits per heavy atom. The zero-order valence-corrected chi connectivity index (χ0v) is 13.2. The number of nitriles is 1. The molecule has 3 aromatic rings. The summed E-state index contributed by atoms with van der Waals surface area (Å²) in [6.07, 6.45) is 1.44. The summed E-state index contributed by atoms with van der Waals surface area (Å²) in [5, 5.41) is 9.54. The maximum atomic E-state index is 13.8. The molecular weight excluding hydrogens is 320 g/mol. The molecule has 0 spiro atoms. The number of fused-ring (bicyclic) bond motifs is 3. The molecular formula is C20H13F2N3. The SMILES string of the molecule is N#Cc1c(N)nc2c(c1-c1ccc(F)c(F)c1)CCc1ccccc1-2. The molecule has 5 heteroatoms. The highest BCUT2D eigenvalue weighted by atomic mass is 19.2. The fourth-order valence-corrected chi connectivity index (χ4v) is 3.42. The van der Waals surface area contributed by atoms with Crippen molar-refractivity contribution in [3.05, 3.63) is 70.8 Å². The molecule has 1 aliphatic carbocycles. The molecule has 0 saturated carbocycles. The fraction of sp³-hybridized carbons (Fsp3) is 0.100. The van der Waals surface area contributed by atoms with Crippen LogP contribution in [-0.4, -0.2) is 4.98 Å². The van der Waals surface area contributed by atoms with Crippen LogP contribution in [0.1, 0.15) is 16.7 Å². The quantitative estimate of drug-likeness (QED) is 0.724. The number of nitrogens with zero attached hydrogens (tertiary/aromatic N) is 2. The molecule has 1 aliphatic rings. The van der Waals surface area contributed by atoms with Crippen molar-refractivity contribution in [2.75, 3.05) is 5.73 Å². The molecule has 0 unspecified atom stereocenters.